The first kappa shape index (κ1) is 13.1. The number of aryl methyl sites for hydroxylation is 1. The fourth-order valence-corrected chi connectivity index (χ4v) is 2.64. The van der Waals surface area contributed by atoms with E-state index in [9.17, 15) is 9.90 Å². The average molecular weight is 279 g/mol. The molecule has 1 unspecified atom stereocenters. The molecule has 2 N–H and O–H groups in total. The van der Waals surface area contributed by atoms with E-state index in [1.807, 2.05) is 12.1 Å². The molecule has 0 spiro atoms. The Hall–Kier alpha value is -2.87. The van der Waals surface area contributed by atoms with E-state index in [1.54, 1.807) is 12.1 Å². The van der Waals surface area contributed by atoms with Crippen molar-refractivity contribution in [3.05, 3.63) is 58.9 Å². The Kier molecular flexibility index (Phi) is 3.28. The zero-order valence-electron chi connectivity index (χ0n) is 11.2. The van der Waals surface area contributed by atoms with Gasteiger partial charge in [-0.2, -0.15) is 5.26 Å². The summed E-state index contributed by atoms with van der Waals surface area (Å²) in [5.74, 6) is -0.525. The van der Waals surface area contributed by atoms with E-state index in [2.05, 4.69) is 16.4 Å². The molecule has 5 nitrogen and oxygen atoms in total. The van der Waals surface area contributed by atoms with Crippen LogP contribution in [0.1, 0.15) is 39.6 Å². The van der Waals surface area contributed by atoms with Crippen molar-refractivity contribution in [2.24, 2.45) is 0 Å². The summed E-state index contributed by atoms with van der Waals surface area (Å²) in [5.41, 5.74) is 2.77. The van der Waals surface area contributed by atoms with Crippen molar-refractivity contribution in [2.45, 2.75) is 18.9 Å². The Morgan fingerprint density at radius 1 is 1.43 bits per heavy atom. The third kappa shape index (κ3) is 2.43. The SMILES string of the molecule is N#Cc1ccc2c(c1)CCC2NC(=O)c1ncccc1O. The van der Waals surface area contributed by atoms with E-state index in [4.69, 9.17) is 5.26 Å². The zero-order valence-corrected chi connectivity index (χ0v) is 11.2. The molecule has 0 aliphatic heterocycles. The Morgan fingerprint density at radius 2 is 2.29 bits per heavy atom. The van der Waals surface area contributed by atoms with Gasteiger partial charge in [-0.25, -0.2) is 4.98 Å². The van der Waals surface area contributed by atoms with Gasteiger partial charge in [-0.05, 0) is 48.2 Å². The number of pyridine rings is 1. The minimum absolute atomic E-state index is 0.0274. The van der Waals surface area contributed by atoms with Gasteiger partial charge in [0.1, 0.15) is 5.75 Å². The fourth-order valence-electron chi connectivity index (χ4n) is 2.64. The summed E-state index contributed by atoms with van der Waals surface area (Å²) in [5, 5.41) is 21.4. The third-order valence-electron chi connectivity index (χ3n) is 3.66. The molecule has 1 amide bonds. The number of hydrogen-bond donors (Lipinski definition) is 2. The summed E-state index contributed by atoms with van der Waals surface area (Å²) in [6.07, 6.45) is 3.07. The maximum absolute atomic E-state index is 12.2. The predicted molar refractivity (Wildman–Crippen MR) is 75.6 cm³/mol. The summed E-state index contributed by atoms with van der Waals surface area (Å²) in [7, 11) is 0. The molecule has 21 heavy (non-hydrogen) atoms. The van der Waals surface area contributed by atoms with Crippen molar-refractivity contribution in [3.63, 3.8) is 0 Å². The summed E-state index contributed by atoms with van der Waals surface area (Å²) in [4.78, 5) is 16.1. The van der Waals surface area contributed by atoms with Crippen LogP contribution in [0.3, 0.4) is 0 Å². The van der Waals surface area contributed by atoms with Gasteiger partial charge in [0.05, 0.1) is 17.7 Å². The van der Waals surface area contributed by atoms with Crippen molar-refractivity contribution >= 4 is 5.91 Å². The molecule has 104 valence electrons. The lowest BCUT2D eigenvalue weighted by Crippen LogP contribution is -2.27. The largest absolute Gasteiger partial charge is 0.505 e. The highest BCUT2D eigenvalue weighted by molar-refractivity contribution is 5.95. The molecular weight excluding hydrogens is 266 g/mol. The number of fused-ring (bicyclic) bond motifs is 1. The maximum Gasteiger partial charge on any atom is 0.274 e. The molecule has 0 bridgehead atoms. The molecule has 2 aromatic rings. The minimum Gasteiger partial charge on any atom is -0.505 e. The molecule has 1 aliphatic rings. The first-order valence-electron chi connectivity index (χ1n) is 6.67. The lowest BCUT2D eigenvalue weighted by Gasteiger charge is -2.14. The topological polar surface area (TPSA) is 86.0 Å². The van der Waals surface area contributed by atoms with Gasteiger partial charge in [-0.1, -0.05) is 6.07 Å². The van der Waals surface area contributed by atoms with Gasteiger partial charge in [0.15, 0.2) is 5.69 Å². The van der Waals surface area contributed by atoms with Crippen LogP contribution >= 0.6 is 0 Å². The van der Waals surface area contributed by atoms with E-state index >= 15 is 0 Å². The van der Waals surface area contributed by atoms with Crippen LogP contribution in [0.25, 0.3) is 0 Å². The van der Waals surface area contributed by atoms with Gasteiger partial charge in [-0.15, -0.1) is 0 Å². The van der Waals surface area contributed by atoms with Crippen LogP contribution in [0, 0.1) is 11.3 Å². The predicted octanol–water partition coefficient (Wildman–Crippen LogP) is 2.08. The van der Waals surface area contributed by atoms with Crippen molar-refractivity contribution < 1.29 is 9.90 Å². The maximum atomic E-state index is 12.2. The Morgan fingerprint density at radius 3 is 3.05 bits per heavy atom. The van der Waals surface area contributed by atoms with Gasteiger partial charge in [0.2, 0.25) is 0 Å². The van der Waals surface area contributed by atoms with Gasteiger partial charge < -0.3 is 10.4 Å². The first-order valence-corrected chi connectivity index (χ1v) is 6.67. The van der Waals surface area contributed by atoms with E-state index in [1.165, 1.54) is 12.3 Å². The number of rotatable bonds is 2. The van der Waals surface area contributed by atoms with Crippen LogP contribution in [-0.4, -0.2) is 16.0 Å². The molecule has 1 aromatic heterocycles. The zero-order chi connectivity index (χ0) is 14.8. The number of aromatic hydroxyl groups is 1. The summed E-state index contributed by atoms with van der Waals surface area (Å²) < 4.78 is 0. The number of nitrogens with zero attached hydrogens (tertiary/aromatic N) is 2. The number of hydrogen-bond acceptors (Lipinski definition) is 4. The Labute approximate surface area is 121 Å². The second kappa shape index (κ2) is 5.25. The summed E-state index contributed by atoms with van der Waals surface area (Å²) in [6.45, 7) is 0. The highest BCUT2D eigenvalue weighted by atomic mass is 16.3. The quantitative estimate of drug-likeness (QED) is 0.881. The number of nitrogens with one attached hydrogen (secondary N) is 1. The first-order chi connectivity index (χ1) is 10.2. The van der Waals surface area contributed by atoms with Crippen LogP contribution in [0.15, 0.2) is 36.5 Å². The van der Waals surface area contributed by atoms with Crippen LogP contribution in [0.5, 0.6) is 5.75 Å². The molecule has 1 aromatic carbocycles. The van der Waals surface area contributed by atoms with Crippen LogP contribution in [-0.2, 0) is 6.42 Å². The fraction of sp³-hybridized carbons (Fsp3) is 0.188. The van der Waals surface area contributed by atoms with Crippen molar-refractivity contribution in [2.75, 3.05) is 0 Å². The van der Waals surface area contributed by atoms with Gasteiger partial charge in [-0.3, -0.25) is 4.79 Å². The van der Waals surface area contributed by atoms with Crippen LogP contribution in [0.2, 0.25) is 0 Å². The lowest BCUT2D eigenvalue weighted by molar-refractivity contribution is 0.0928. The smallest absolute Gasteiger partial charge is 0.274 e. The number of amides is 1. The third-order valence-corrected chi connectivity index (χ3v) is 3.66. The summed E-state index contributed by atoms with van der Waals surface area (Å²) in [6, 6.07) is 10.5. The normalized spacial score (nSPS) is 16.0. The number of nitriles is 1. The van der Waals surface area contributed by atoms with Crippen molar-refractivity contribution in [1.82, 2.24) is 10.3 Å². The van der Waals surface area contributed by atoms with E-state index in [0.29, 0.717) is 5.56 Å². The molecule has 0 fully saturated rings. The molecule has 0 saturated heterocycles. The van der Waals surface area contributed by atoms with E-state index in [0.717, 1.165) is 24.0 Å². The summed E-state index contributed by atoms with van der Waals surface area (Å²) >= 11 is 0. The highest BCUT2D eigenvalue weighted by Gasteiger charge is 2.25. The molecule has 1 aliphatic carbocycles. The molecule has 0 radical (unpaired) electrons. The monoisotopic (exact) mass is 279 g/mol. The second-order valence-corrected chi connectivity index (χ2v) is 4.96. The second-order valence-electron chi connectivity index (χ2n) is 4.96. The molecule has 0 saturated carbocycles. The minimum atomic E-state index is -0.393. The molecule has 1 atom stereocenters. The Balaban J connectivity index is 1.81. The number of carbonyl (C=O) groups is 1. The van der Waals surface area contributed by atoms with E-state index < -0.39 is 5.91 Å². The Bertz CT molecular complexity index is 749. The standard InChI is InChI=1S/C16H13N3O2/c17-9-10-3-5-12-11(8-10)4-6-13(12)19-16(21)15-14(20)2-1-7-18-15/h1-3,5,7-8,13,20H,4,6H2,(H,19,21). The van der Waals surface area contributed by atoms with Crippen LogP contribution < -0.4 is 5.32 Å². The highest BCUT2D eigenvalue weighted by Crippen LogP contribution is 2.32. The van der Waals surface area contributed by atoms with Gasteiger partial charge in [0, 0.05) is 6.20 Å². The van der Waals surface area contributed by atoms with Crippen molar-refractivity contribution in [1.29, 1.82) is 5.26 Å². The van der Waals surface area contributed by atoms with Crippen LogP contribution in [0.4, 0.5) is 0 Å². The van der Waals surface area contributed by atoms with Gasteiger partial charge in [0.25, 0.3) is 5.91 Å². The van der Waals surface area contributed by atoms with Gasteiger partial charge >= 0.3 is 0 Å². The molecule has 5 heteroatoms. The number of benzene rings is 1. The number of aromatic nitrogens is 1. The van der Waals surface area contributed by atoms with Crippen molar-refractivity contribution in [3.8, 4) is 11.8 Å². The molecule has 3 rings (SSSR count). The van der Waals surface area contributed by atoms with E-state index in [-0.39, 0.29) is 17.5 Å². The average Bonchev–Trinajstić information content (AvgIpc) is 2.89. The molecule has 1 heterocycles. The molecular formula is C16H13N3O2. The number of carbonyl (C=O) groups excluding carboxylic acids is 1. The lowest BCUT2D eigenvalue weighted by atomic mass is 10.1.